The molecular weight excluding hydrogens is 734 g/mol. The molecule has 322 valence electrons. The number of phosphoric acid groups is 2. The first-order valence-corrected chi connectivity index (χ1v) is 24.7. The molecule has 0 radical (unpaired) electrons. The molecule has 0 aromatic carbocycles. The summed E-state index contributed by atoms with van der Waals surface area (Å²) in [5.41, 5.74) is 0. The predicted molar refractivity (Wildman–Crippen MR) is 215 cm³/mol. The second kappa shape index (κ2) is 36.5. The standard InChI is InChI=1S/C40H80O12P2/c1-3-5-7-9-11-13-15-17-19-21-23-25-27-29-31-33-39(41)51-37(35-49-53(43,44)45)38(36-50-54(46,47)48)52-40(42)34-32-30-28-26-24-22-20-18-16-14-12-10-8-6-4-2/h37-38H,3-36H2,1-2H3,(H2,43,44,45)(H2,46,47,48)/t37-,38-/m1/s1. The lowest BCUT2D eigenvalue weighted by Gasteiger charge is -2.27. The highest BCUT2D eigenvalue weighted by Crippen LogP contribution is 2.38. The van der Waals surface area contributed by atoms with Crippen molar-refractivity contribution in [2.45, 2.75) is 232 Å². The number of carbonyl (C=O) groups is 2. The first kappa shape index (κ1) is 53.2. The van der Waals surface area contributed by atoms with Gasteiger partial charge in [0.15, 0.2) is 12.2 Å². The summed E-state index contributed by atoms with van der Waals surface area (Å²) in [6, 6.07) is 0. The summed E-state index contributed by atoms with van der Waals surface area (Å²) in [6.07, 6.45) is 32.0. The highest BCUT2D eigenvalue weighted by molar-refractivity contribution is 7.46. The molecule has 0 spiro atoms. The Morgan fingerprint density at radius 2 is 0.593 bits per heavy atom. The Morgan fingerprint density at radius 3 is 0.796 bits per heavy atom. The fourth-order valence-corrected chi connectivity index (χ4v) is 7.19. The van der Waals surface area contributed by atoms with Crippen molar-refractivity contribution in [1.29, 1.82) is 0 Å². The normalized spacial score (nSPS) is 13.2. The number of ether oxygens (including phenoxy) is 2. The van der Waals surface area contributed by atoms with E-state index < -0.39 is 53.0 Å². The van der Waals surface area contributed by atoms with Crippen molar-refractivity contribution in [2.75, 3.05) is 13.2 Å². The molecule has 0 aliphatic carbocycles. The lowest BCUT2D eigenvalue weighted by atomic mass is 10.0. The molecule has 0 fully saturated rings. The minimum atomic E-state index is -5.01. The second-order valence-corrected chi connectivity index (χ2v) is 17.5. The minimum Gasteiger partial charge on any atom is -0.456 e. The van der Waals surface area contributed by atoms with Gasteiger partial charge in [-0.3, -0.25) is 18.6 Å². The molecule has 0 aromatic rings. The Morgan fingerprint density at radius 1 is 0.389 bits per heavy atom. The van der Waals surface area contributed by atoms with E-state index in [-0.39, 0.29) is 12.8 Å². The molecule has 0 amide bonds. The minimum absolute atomic E-state index is 0.0177. The fraction of sp³-hybridized carbons (Fsp3) is 0.950. The smallest absolute Gasteiger partial charge is 0.456 e. The molecule has 14 heteroatoms. The van der Waals surface area contributed by atoms with Crippen LogP contribution in [-0.2, 0) is 37.2 Å². The van der Waals surface area contributed by atoms with Gasteiger partial charge in [-0.05, 0) is 12.8 Å². The van der Waals surface area contributed by atoms with Gasteiger partial charge in [0.1, 0.15) is 0 Å². The monoisotopic (exact) mass is 815 g/mol. The molecule has 0 rings (SSSR count). The number of rotatable bonds is 41. The molecule has 4 N–H and O–H groups in total. The van der Waals surface area contributed by atoms with Crippen molar-refractivity contribution >= 4 is 27.6 Å². The van der Waals surface area contributed by atoms with Gasteiger partial charge >= 0.3 is 27.6 Å². The van der Waals surface area contributed by atoms with Crippen molar-refractivity contribution in [3.8, 4) is 0 Å². The third-order valence-electron chi connectivity index (χ3n) is 9.76. The summed E-state index contributed by atoms with van der Waals surface area (Å²) in [5.74, 6) is -1.41. The molecular formula is C40H80O12P2. The van der Waals surface area contributed by atoms with E-state index in [4.69, 9.17) is 9.47 Å². The number of esters is 2. The SMILES string of the molecule is CCCCCCCCCCCCCCCCCC(=O)O[C@H](COP(=O)(O)O)[C@@H](COP(=O)(O)O)OC(=O)CCCCCCCCCCCCCCCCC. The summed E-state index contributed by atoms with van der Waals surface area (Å²) in [6.45, 7) is 2.74. The van der Waals surface area contributed by atoms with Gasteiger partial charge in [-0.25, -0.2) is 9.13 Å². The molecule has 54 heavy (non-hydrogen) atoms. The number of phosphoric ester groups is 2. The number of unbranched alkanes of at least 4 members (excludes halogenated alkanes) is 28. The summed E-state index contributed by atoms with van der Waals surface area (Å²) in [7, 11) is -10.0. The van der Waals surface area contributed by atoms with Gasteiger partial charge in [0.25, 0.3) is 0 Å². The van der Waals surface area contributed by atoms with E-state index >= 15 is 0 Å². The van der Waals surface area contributed by atoms with Crippen molar-refractivity contribution in [3.63, 3.8) is 0 Å². The molecule has 0 aliphatic rings. The van der Waals surface area contributed by atoms with Gasteiger partial charge in [-0.15, -0.1) is 0 Å². The zero-order chi connectivity index (χ0) is 40.2. The molecule has 2 atom stereocenters. The summed E-state index contributed by atoms with van der Waals surface area (Å²) in [4.78, 5) is 62.5. The van der Waals surface area contributed by atoms with Crippen LogP contribution in [0.2, 0.25) is 0 Å². The van der Waals surface area contributed by atoms with Crippen LogP contribution >= 0.6 is 15.6 Å². The Balaban J connectivity index is 4.55. The maximum absolute atomic E-state index is 12.7. The summed E-state index contributed by atoms with van der Waals surface area (Å²) in [5, 5.41) is 0. The maximum atomic E-state index is 12.7. The van der Waals surface area contributed by atoms with Gasteiger partial charge < -0.3 is 29.0 Å². The first-order valence-electron chi connectivity index (χ1n) is 21.7. The topological polar surface area (TPSA) is 186 Å². The maximum Gasteiger partial charge on any atom is 0.469 e. The third kappa shape index (κ3) is 39.4. The van der Waals surface area contributed by atoms with Gasteiger partial charge in [0.05, 0.1) is 13.2 Å². The first-order chi connectivity index (χ1) is 25.9. The zero-order valence-corrected chi connectivity index (χ0v) is 35.9. The van der Waals surface area contributed by atoms with Crippen molar-refractivity contribution in [3.05, 3.63) is 0 Å². The quantitative estimate of drug-likeness (QED) is 0.0260. The van der Waals surface area contributed by atoms with E-state index in [1.807, 2.05) is 0 Å². The zero-order valence-electron chi connectivity index (χ0n) is 34.1. The number of hydrogen-bond donors (Lipinski definition) is 4. The Bertz CT molecular complexity index is 895. The van der Waals surface area contributed by atoms with Gasteiger partial charge in [0.2, 0.25) is 0 Å². The molecule has 0 saturated heterocycles. The lowest BCUT2D eigenvalue weighted by molar-refractivity contribution is -0.173. The second-order valence-electron chi connectivity index (χ2n) is 15.0. The Kier molecular flexibility index (Phi) is 35.9. The van der Waals surface area contributed by atoms with Gasteiger partial charge in [-0.2, -0.15) is 0 Å². The Hall–Kier alpha value is -0.840. The number of carbonyl (C=O) groups excluding carboxylic acids is 2. The van der Waals surface area contributed by atoms with E-state index in [0.29, 0.717) is 12.8 Å². The molecule has 0 bridgehead atoms. The van der Waals surface area contributed by atoms with Crippen LogP contribution in [0, 0.1) is 0 Å². The fourth-order valence-electron chi connectivity index (χ4n) is 6.51. The van der Waals surface area contributed by atoms with Crippen LogP contribution in [0.15, 0.2) is 0 Å². The van der Waals surface area contributed by atoms with Crippen molar-refractivity contribution in [1.82, 2.24) is 0 Å². The number of hydrogen-bond acceptors (Lipinski definition) is 8. The summed E-state index contributed by atoms with van der Waals surface area (Å²) >= 11 is 0. The highest BCUT2D eigenvalue weighted by atomic mass is 31.2. The average molecular weight is 815 g/mol. The van der Waals surface area contributed by atoms with Crippen molar-refractivity contribution < 1.29 is 56.8 Å². The third-order valence-corrected chi connectivity index (χ3v) is 10.7. The molecule has 0 aliphatic heterocycles. The Labute approximate surface area is 328 Å². The average Bonchev–Trinajstić information content (AvgIpc) is 3.11. The van der Waals surface area contributed by atoms with Crippen molar-refractivity contribution in [2.24, 2.45) is 0 Å². The molecule has 12 nitrogen and oxygen atoms in total. The van der Waals surface area contributed by atoms with E-state index in [1.165, 1.54) is 128 Å². The van der Waals surface area contributed by atoms with E-state index in [0.717, 1.165) is 51.4 Å². The van der Waals surface area contributed by atoms with Gasteiger partial charge in [0, 0.05) is 12.8 Å². The van der Waals surface area contributed by atoms with Crippen LogP contribution in [0.25, 0.3) is 0 Å². The molecule has 0 unspecified atom stereocenters. The van der Waals surface area contributed by atoms with Gasteiger partial charge in [-0.1, -0.05) is 194 Å². The predicted octanol–water partition coefficient (Wildman–Crippen LogP) is 11.6. The van der Waals surface area contributed by atoms with Crippen LogP contribution in [0.1, 0.15) is 219 Å². The van der Waals surface area contributed by atoms with Crippen LogP contribution in [-0.4, -0.2) is 56.9 Å². The largest absolute Gasteiger partial charge is 0.469 e. The molecule has 0 heterocycles. The van der Waals surface area contributed by atoms with E-state index in [1.54, 1.807) is 0 Å². The van der Waals surface area contributed by atoms with Crippen LogP contribution in [0.4, 0.5) is 0 Å². The van der Waals surface area contributed by atoms with Crippen LogP contribution in [0.5, 0.6) is 0 Å². The van der Waals surface area contributed by atoms with Crippen LogP contribution < -0.4 is 0 Å². The highest BCUT2D eigenvalue weighted by Gasteiger charge is 2.34. The lowest BCUT2D eigenvalue weighted by Crippen LogP contribution is -2.41. The van der Waals surface area contributed by atoms with Crippen LogP contribution in [0.3, 0.4) is 0 Å². The van der Waals surface area contributed by atoms with E-state index in [9.17, 15) is 38.3 Å². The molecule has 0 aromatic heterocycles. The van der Waals surface area contributed by atoms with E-state index in [2.05, 4.69) is 22.9 Å². The molecule has 0 saturated carbocycles. The summed E-state index contributed by atoms with van der Waals surface area (Å²) < 4.78 is 42.8.